The third-order valence-corrected chi connectivity index (χ3v) is 8.73. The van der Waals surface area contributed by atoms with Gasteiger partial charge >= 0.3 is 0 Å². The summed E-state index contributed by atoms with van der Waals surface area (Å²) in [5.74, 6) is 4.46. The molecule has 0 unspecified atom stereocenters. The molecule has 0 radical (unpaired) electrons. The van der Waals surface area contributed by atoms with Crippen molar-refractivity contribution in [2.45, 2.75) is 49.1 Å². The lowest BCUT2D eigenvalue weighted by atomic mass is 10.2. The van der Waals surface area contributed by atoms with Crippen LogP contribution in [0.25, 0.3) is 0 Å². The molecule has 38 heavy (non-hydrogen) atoms. The average Bonchev–Trinajstić information content (AvgIpc) is 3.31. The second-order valence-electron chi connectivity index (χ2n) is 10.5. The SMILES string of the molecule is CCc1c(Nc2cc(C)[nH]n2)nc(Sc2ccc(SCC(C)C)cc2)nc1N1CCN(CCN(C)C)CC1. The summed E-state index contributed by atoms with van der Waals surface area (Å²) in [6.07, 6.45) is 0.842. The summed E-state index contributed by atoms with van der Waals surface area (Å²) in [6, 6.07) is 10.8. The molecule has 0 bridgehead atoms. The Balaban J connectivity index is 1.57. The van der Waals surface area contributed by atoms with Crippen LogP contribution in [-0.4, -0.2) is 89.1 Å². The van der Waals surface area contributed by atoms with Gasteiger partial charge in [0.05, 0.1) is 0 Å². The number of H-pyrrole nitrogens is 1. The average molecular weight is 555 g/mol. The van der Waals surface area contributed by atoms with Gasteiger partial charge in [-0.1, -0.05) is 20.8 Å². The molecule has 3 aromatic rings. The molecule has 0 saturated carbocycles. The van der Waals surface area contributed by atoms with Crippen molar-refractivity contribution < 1.29 is 0 Å². The number of aryl methyl sites for hydroxylation is 1. The number of piperazine rings is 1. The number of aromatic amines is 1. The van der Waals surface area contributed by atoms with Crippen molar-refractivity contribution in [3.8, 4) is 0 Å². The molecule has 0 aliphatic carbocycles. The van der Waals surface area contributed by atoms with Crippen LogP contribution in [0, 0.1) is 12.8 Å². The number of likely N-dealkylation sites (N-methyl/N-ethyl adjacent to an activating group) is 1. The van der Waals surface area contributed by atoms with E-state index in [-0.39, 0.29) is 0 Å². The van der Waals surface area contributed by atoms with E-state index in [1.165, 1.54) is 4.90 Å². The number of nitrogens with one attached hydrogen (secondary N) is 2. The van der Waals surface area contributed by atoms with Crippen molar-refractivity contribution >= 4 is 41.0 Å². The fraction of sp³-hybridized carbons (Fsp3) is 0.536. The third kappa shape index (κ3) is 8.11. The van der Waals surface area contributed by atoms with Gasteiger partial charge in [0, 0.05) is 72.1 Å². The Morgan fingerprint density at radius 3 is 2.37 bits per heavy atom. The van der Waals surface area contributed by atoms with Gasteiger partial charge < -0.3 is 15.1 Å². The van der Waals surface area contributed by atoms with E-state index in [4.69, 9.17) is 9.97 Å². The van der Waals surface area contributed by atoms with Crippen molar-refractivity contribution in [1.29, 1.82) is 0 Å². The standard InChI is InChI=1S/C28H42N8S2/c1-7-24-26(29-25-18-21(4)32-33-25)30-28(38-23-10-8-22(9-11-23)37-19-20(2)3)31-27(24)36-16-14-35(15-17-36)13-12-34(5)6/h8-11,18,20H,7,12-17,19H2,1-6H3,(H2,29,30,31,32,33). The van der Waals surface area contributed by atoms with Gasteiger partial charge in [0.1, 0.15) is 11.6 Å². The molecule has 2 aromatic heterocycles. The molecule has 10 heteroatoms. The summed E-state index contributed by atoms with van der Waals surface area (Å²) in [5, 5.41) is 11.6. The van der Waals surface area contributed by atoms with Crippen LogP contribution in [-0.2, 0) is 6.42 Å². The highest BCUT2D eigenvalue weighted by Gasteiger charge is 2.24. The molecular weight excluding hydrogens is 512 g/mol. The van der Waals surface area contributed by atoms with Crippen LogP contribution in [0.3, 0.4) is 0 Å². The second kappa shape index (κ2) is 13.7. The van der Waals surface area contributed by atoms with Crippen LogP contribution in [0.4, 0.5) is 17.5 Å². The number of thioether (sulfide) groups is 1. The Bertz CT molecular complexity index is 1150. The maximum absolute atomic E-state index is 5.13. The minimum absolute atomic E-state index is 0.678. The van der Waals surface area contributed by atoms with Gasteiger partial charge in [0.2, 0.25) is 0 Å². The molecular formula is C28H42N8S2. The van der Waals surface area contributed by atoms with Crippen molar-refractivity contribution in [3.63, 3.8) is 0 Å². The van der Waals surface area contributed by atoms with Crippen molar-refractivity contribution in [3.05, 3.63) is 41.6 Å². The molecule has 0 spiro atoms. The van der Waals surface area contributed by atoms with Crippen LogP contribution < -0.4 is 10.2 Å². The van der Waals surface area contributed by atoms with E-state index >= 15 is 0 Å². The zero-order valence-corrected chi connectivity index (χ0v) is 25.3. The lowest BCUT2D eigenvalue weighted by Crippen LogP contribution is -2.48. The monoisotopic (exact) mass is 554 g/mol. The molecule has 1 fully saturated rings. The van der Waals surface area contributed by atoms with Gasteiger partial charge in [0.25, 0.3) is 0 Å². The molecule has 1 aliphatic rings. The minimum atomic E-state index is 0.678. The van der Waals surface area contributed by atoms with E-state index in [2.05, 4.69) is 89.3 Å². The number of anilines is 3. The van der Waals surface area contributed by atoms with E-state index in [0.717, 1.165) is 90.2 Å². The Hall–Kier alpha value is -2.27. The van der Waals surface area contributed by atoms with Crippen LogP contribution in [0.15, 0.2) is 45.3 Å². The summed E-state index contributed by atoms with van der Waals surface area (Å²) >= 11 is 3.52. The lowest BCUT2D eigenvalue weighted by Gasteiger charge is -2.37. The number of hydrogen-bond donors (Lipinski definition) is 2. The quantitative estimate of drug-likeness (QED) is 0.226. The topological polar surface area (TPSA) is 76.2 Å². The normalized spacial score (nSPS) is 14.6. The number of benzene rings is 1. The number of rotatable bonds is 12. The molecule has 3 heterocycles. The van der Waals surface area contributed by atoms with Crippen LogP contribution in [0.2, 0.25) is 0 Å². The Morgan fingerprint density at radius 2 is 1.76 bits per heavy atom. The molecule has 1 saturated heterocycles. The highest BCUT2D eigenvalue weighted by atomic mass is 32.2. The smallest absolute Gasteiger partial charge is 0.196 e. The summed E-state index contributed by atoms with van der Waals surface area (Å²) in [7, 11) is 4.27. The highest BCUT2D eigenvalue weighted by Crippen LogP contribution is 2.34. The third-order valence-electron chi connectivity index (χ3n) is 6.42. The molecule has 0 amide bonds. The lowest BCUT2D eigenvalue weighted by molar-refractivity contribution is 0.229. The first kappa shape index (κ1) is 28.7. The first-order valence-corrected chi connectivity index (χ1v) is 15.3. The van der Waals surface area contributed by atoms with Gasteiger partial charge in [-0.3, -0.25) is 10.00 Å². The van der Waals surface area contributed by atoms with Crippen LogP contribution in [0.1, 0.15) is 32.0 Å². The predicted molar refractivity (Wildman–Crippen MR) is 161 cm³/mol. The Morgan fingerprint density at radius 1 is 1.05 bits per heavy atom. The molecule has 1 aliphatic heterocycles. The first-order chi connectivity index (χ1) is 18.3. The Kier molecular flexibility index (Phi) is 10.3. The largest absolute Gasteiger partial charge is 0.354 e. The van der Waals surface area contributed by atoms with E-state index in [1.54, 1.807) is 11.8 Å². The molecule has 0 atom stereocenters. The number of nitrogens with zero attached hydrogens (tertiary/aromatic N) is 6. The maximum atomic E-state index is 5.13. The second-order valence-corrected chi connectivity index (χ2v) is 12.6. The zero-order chi connectivity index (χ0) is 27.1. The van der Waals surface area contributed by atoms with Gasteiger partial charge in [-0.15, -0.1) is 11.8 Å². The zero-order valence-electron chi connectivity index (χ0n) is 23.6. The van der Waals surface area contributed by atoms with E-state index in [1.807, 2.05) is 24.8 Å². The summed E-state index contributed by atoms with van der Waals surface area (Å²) in [4.78, 5) is 19.8. The molecule has 8 nitrogen and oxygen atoms in total. The molecule has 4 rings (SSSR count). The fourth-order valence-electron chi connectivity index (χ4n) is 4.29. The minimum Gasteiger partial charge on any atom is -0.354 e. The summed E-state index contributed by atoms with van der Waals surface area (Å²) < 4.78 is 0. The predicted octanol–water partition coefficient (Wildman–Crippen LogP) is 5.40. The molecule has 2 N–H and O–H groups in total. The van der Waals surface area contributed by atoms with E-state index in [0.29, 0.717) is 5.92 Å². The first-order valence-electron chi connectivity index (χ1n) is 13.5. The number of aromatic nitrogens is 4. The summed E-state index contributed by atoms with van der Waals surface area (Å²) in [5.41, 5.74) is 2.15. The van der Waals surface area contributed by atoms with Crippen LogP contribution in [0.5, 0.6) is 0 Å². The fourth-order valence-corrected chi connectivity index (χ4v) is 5.89. The maximum Gasteiger partial charge on any atom is 0.196 e. The van der Waals surface area contributed by atoms with Gasteiger partial charge in [-0.2, -0.15) is 5.10 Å². The van der Waals surface area contributed by atoms with Gasteiger partial charge in [0.15, 0.2) is 11.0 Å². The van der Waals surface area contributed by atoms with Crippen LogP contribution >= 0.6 is 23.5 Å². The van der Waals surface area contributed by atoms with Crippen molar-refractivity contribution in [2.75, 3.05) is 69.3 Å². The highest BCUT2D eigenvalue weighted by molar-refractivity contribution is 7.99. The molecule has 206 valence electrons. The van der Waals surface area contributed by atoms with Crippen molar-refractivity contribution in [1.82, 2.24) is 30.0 Å². The molecule has 1 aromatic carbocycles. The van der Waals surface area contributed by atoms with Gasteiger partial charge in [-0.25, -0.2) is 9.97 Å². The summed E-state index contributed by atoms with van der Waals surface area (Å²) in [6.45, 7) is 14.9. The van der Waals surface area contributed by atoms with Gasteiger partial charge in [-0.05, 0) is 69.4 Å². The Labute approximate surface area is 236 Å². The number of hydrogen-bond acceptors (Lipinski definition) is 9. The van der Waals surface area contributed by atoms with Crippen molar-refractivity contribution in [2.24, 2.45) is 5.92 Å². The van der Waals surface area contributed by atoms with E-state index < -0.39 is 0 Å². The van der Waals surface area contributed by atoms with E-state index in [9.17, 15) is 0 Å².